The Kier molecular flexibility index (Phi) is 15.3. The van der Waals surface area contributed by atoms with Crippen LogP contribution in [0.5, 0.6) is 0 Å². The van der Waals surface area contributed by atoms with E-state index in [1.807, 2.05) is 6.08 Å². The zero-order valence-corrected chi connectivity index (χ0v) is 20.1. The summed E-state index contributed by atoms with van der Waals surface area (Å²) in [7, 11) is 0. The summed E-state index contributed by atoms with van der Waals surface area (Å²) in [5, 5.41) is 22.7. The number of hydrogen-bond donors (Lipinski definition) is 3. The highest BCUT2D eigenvalue weighted by molar-refractivity contribution is 5.75. The van der Waals surface area contributed by atoms with Gasteiger partial charge in [-0.25, -0.2) is 0 Å². The van der Waals surface area contributed by atoms with Crippen LogP contribution in [0.2, 0.25) is 0 Å². The van der Waals surface area contributed by atoms with Gasteiger partial charge in [-0.3, -0.25) is 4.79 Å². The third-order valence-corrected chi connectivity index (χ3v) is 6.01. The van der Waals surface area contributed by atoms with E-state index in [2.05, 4.69) is 24.4 Å². The van der Waals surface area contributed by atoms with Crippen molar-refractivity contribution >= 4 is 5.91 Å². The Morgan fingerprint density at radius 2 is 1.58 bits per heavy atom. The quantitative estimate of drug-likeness (QED) is 0.180. The molecule has 0 spiro atoms. The SMILES string of the molecule is CCCCCCCCC=CCCCCCCCC(=O)NCCC1=CC(O)C(C)(O)C=C1. The van der Waals surface area contributed by atoms with E-state index < -0.39 is 11.7 Å². The lowest BCUT2D eigenvalue weighted by Crippen LogP contribution is -2.37. The molecule has 0 saturated heterocycles. The lowest BCUT2D eigenvalue weighted by atomic mass is 9.90. The van der Waals surface area contributed by atoms with Gasteiger partial charge < -0.3 is 15.5 Å². The normalized spacial score (nSPS) is 20.9. The number of unbranched alkanes of at least 4 members (excludes halogenated alkanes) is 11. The van der Waals surface area contributed by atoms with Crippen molar-refractivity contribution in [3.63, 3.8) is 0 Å². The molecule has 1 aliphatic carbocycles. The molecule has 0 saturated carbocycles. The van der Waals surface area contributed by atoms with Crippen LogP contribution in [-0.4, -0.2) is 34.4 Å². The Labute approximate surface area is 190 Å². The second kappa shape index (κ2) is 17.2. The van der Waals surface area contributed by atoms with Crippen molar-refractivity contribution in [1.82, 2.24) is 5.32 Å². The Morgan fingerprint density at radius 1 is 1.00 bits per heavy atom. The summed E-state index contributed by atoms with van der Waals surface area (Å²) < 4.78 is 0. The van der Waals surface area contributed by atoms with Gasteiger partial charge in [0.15, 0.2) is 0 Å². The molecule has 4 heteroatoms. The maximum absolute atomic E-state index is 11.9. The van der Waals surface area contributed by atoms with Crippen LogP contribution in [0.1, 0.15) is 110 Å². The first-order valence-corrected chi connectivity index (χ1v) is 12.7. The number of aliphatic hydroxyl groups is 2. The molecule has 4 nitrogen and oxygen atoms in total. The van der Waals surface area contributed by atoms with Crippen molar-refractivity contribution in [3.05, 3.63) is 36.0 Å². The van der Waals surface area contributed by atoms with Crippen molar-refractivity contribution in [1.29, 1.82) is 0 Å². The van der Waals surface area contributed by atoms with Crippen molar-refractivity contribution in [2.24, 2.45) is 0 Å². The number of rotatable bonds is 18. The molecule has 2 atom stereocenters. The molecule has 0 aromatic carbocycles. The summed E-state index contributed by atoms with van der Waals surface area (Å²) >= 11 is 0. The number of nitrogens with one attached hydrogen (secondary N) is 1. The highest BCUT2D eigenvalue weighted by Crippen LogP contribution is 2.22. The molecule has 1 rings (SSSR count). The first-order chi connectivity index (χ1) is 15.0. The summed E-state index contributed by atoms with van der Waals surface area (Å²) in [6, 6.07) is 0. The first kappa shape index (κ1) is 27.6. The maximum Gasteiger partial charge on any atom is 0.220 e. The molecular formula is C27H47NO3. The molecular weight excluding hydrogens is 386 g/mol. The van der Waals surface area contributed by atoms with Crippen LogP contribution in [0.15, 0.2) is 36.0 Å². The molecule has 0 bridgehead atoms. The molecule has 0 heterocycles. The molecule has 1 aliphatic rings. The van der Waals surface area contributed by atoms with E-state index in [0.717, 1.165) is 18.4 Å². The summed E-state index contributed by atoms with van der Waals surface area (Å²) in [4.78, 5) is 11.9. The molecule has 1 amide bonds. The molecule has 0 aliphatic heterocycles. The molecule has 0 fully saturated rings. The number of carbonyl (C=O) groups is 1. The Hall–Kier alpha value is -1.39. The van der Waals surface area contributed by atoms with E-state index in [-0.39, 0.29) is 5.91 Å². The van der Waals surface area contributed by atoms with Crippen molar-refractivity contribution in [2.75, 3.05) is 6.54 Å². The fraction of sp³-hybridized carbons (Fsp3) is 0.741. The largest absolute Gasteiger partial charge is 0.386 e. The average molecular weight is 434 g/mol. The van der Waals surface area contributed by atoms with E-state index in [0.29, 0.717) is 19.4 Å². The number of allylic oxidation sites excluding steroid dienone is 3. The molecule has 0 radical (unpaired) electrons. The van der Waals surface area contributed by atoms with Crippen LogP contribution in [0.4, 0.5) is 0 Å². The van der Waals surface area contributed by atoms with E-state index in [1.165, 1.54) is 70.6 Å². The predicted octanol–water partition coefficient (Wildman–Crippen LogP) is 6.14. The van der Waals surface area contributed by atoms with Gasteiger partial charge in [0.2, 0.25) is 5.91 Å². The smallest absolute Gasteiger partial charge is 0.220 e. The van der Waals surface area contributed by atoms with Gasteiger partial charge in [-0.15, -0.1) is 0 Å². The van der Waals surface area contributed by atoms with Crippen molar-refractivity contribution < 1.29 is 15.0 Å². The second-order valence-corrected chi connectivity index (χ2v) is 9.18. The molecule has 2 unspecified atom stereocenters. The first-order valence-electron chi connectivity index (χ1n) is 12.7. The molecule has 3 N–H and O–H groups in total. The van der Waals surface area contributed by atoms with Crippen molar-refractivity contribution in [2.45, 2.75) is 122 Å². The van der Waals surface area contributed by atoms with Crippen LogP contribution < -0.4 is 5.32 Å². The van der Waals surface area contributed by atoms with E-state index in [1.54, 1.807) is 19.1 Å². The second-order valence-electron chi connectivity index (χ2n) is 9.18. The number of aliphatic hydroxyl groups excluding tert-OH is 1. The van der Waals surface area contributed by atoms with Gasteiger partial charge in [-0.2, -0.15) is 0 Å². The van der Waals surface area contributed by atoms with E-state index >= 15 is 0 Å². The van der Waals surface area contributed by atoms with Gasteiger partial charge in [0.05, 0.1) is 0 Å². The molecule has 31 heavy (non-hydrogen) atoms. The molecule has 0 aromatic heterocycles. The third kappa shape index (κ3) is 14.3. The summed E-state index contributed by atoms with van der Waals surface area (Å²) in [5.74, 6) is 0.102. The number of amides is 1. The zero-order valence-electron chi connectivity index (χ0n) is 20.1. The van der Waals surface area contributed by atoms with Crippen LogP contribution in [0.25, 0.3) is 0 Å². The highest BCUT2D eigenvalue weighted by Gasteiger charge is 2.28. The maximum atomic E-state index is 11.9. The van der Waals surface area contributed by atoms with Crippen LogP contribution in [0.3, 0.4) is 0 Å². The standard InChI is InChI=1S/C27H47NO3/c1-3-4-5-6-7-8-9-10-11-12-13-14-15-16-17-18-26(30)28-22-20-24-19-21-27(2,31)25(29)23-24/h10-11,19,21,23,25,29,31H,3-9,12-18,20,22H2,1-2H3,(H,28,30). The van der Waals surface area contributed by atoms with E-state index in [9.17, 15) is 15.0 Å². The summed E-state index contributed by atoms with van der Waals surface area (Å²) in [5.41, 5.74) is -0.253. The minimum absolute atomic E-state index is 0.102. The van der Waals surface area contributed by atoms with Crippen molar-refractivity contribution in [3.8, 4) is 0 Å². The topological polar surface area (TPSA) is 69.6 Å². The van der Waals surface area contributed by atoms with Crippen LogP contribution in [0, 0.1) is 0 Å². The van der Waals surface area contributed by atoms with Gasteiger partial charge in [-0.1, -0.05) is 82.6 Å². The van der Waals surface area contributed by atoms with Gasteiger partial charge >= 0.3 is 0 Å². The van der Waals surface area contributed by atoms with Crippen LogP contribution in [-0.2, 0) is 4.79 Å². The van der Waals surface area contributed by atoms with Gasteiger partial charge in [-0.05, 0) is 57.1 Å². The Balaban J connectivity index is 1.89. The highest BCUT2D eigenvalue weighted by atomic mass is 16.3. The van der Waals surface area contributed by atoms with Gasteiger partial charge in [0.1, 0.15) is 11.7 Å². The lowest BCUT2D eigenvalue weighted by molar-refractivity contribution is -0.121. The minimum Gasteiger partial charge on any atom is -0.386 e. The predicted molar refractivity (Wildman–Crippen MR) is 131 cm³/mol. The molecule has 0 aromatic rings. The summed E-state index contributed by atoms with van der Waals surface area (Å²) in [6.45, 7) is 4.41. The fourth-order valence-corrected chi connectivity index (χ4v) is 3.76. The Morgan fingerprint density at radius 3 is 2.19 bits per heavy atom. The summed E-state index contributed by atoms with van der Waals surface area (Å²) in [6.07, 6.45) is 26.5. The fourth-order valence-electron chi connectivity index (χ4n) is 3.76. The van der Waals surface area contributed by atoms with Gasteiger partial charge in [0.25, 0.3) is 0 Å². The monoisotopic (exact) mass is 433 g/mol. The number of carbonyl (C=O) groups excluding carboxylic acids is 1. The average Bonchev–Trinajstić information content (AvgIpc) is 2.73. The van der Waals surface area contributed by atoms with E-state index in [4.69, 9.17) is 0 Å². The van der Waals surface area contributed by atoms with Crippen LogP contribution >= 0.6 is 0 Å². The minimum atomic E-state index is -1.20. The Bertz CT molecular complexity index is 563. The number of hydrogen-bond acceptors (Lipinski definition) is 3. The van der Waals surface area contributed by atoms with Gasteiger partial charge in [0, 0.05) is 13.0 Å². The zero-order chi connectivity index (χ0) is 22.8. The molecule has 178 valence electrons. The lowest BCUT2D eigenvalue weighted by Gasteiger charge is -2.27. The third-order valence-electron chi connectivity index (χ3n) is 6.01.